The van der Waals surface area contributed by atoms with Crippen molar-refractivity contribution < 1.29 is 23.8 Å². The molecule has 0 aliphatic carbocycles. The first-order valence-electron chi connectivity index (χ1n) is 29.8. The van der Waals surface area contributed by atoms with Crippen LogP contribution in [0.1, 0.15) is 303 Å². The highest BCUT2D eigenvalue weighted by Crippen LogP contribution is 2.16. The second-order valence-corrected chi connectivity index (χ2v) is 19.9. The average Bonchev–Trinajstić information content (AvgIpc) is 3.34. The Morgan fingerprint density at radius 1 is 0.324 bits per heavy atom. The maximum absolute atomic E-state index is 12.7. The van der Waals surface area contributed by atoms with Crippen LogP contribution in [-0.4, -0.2) is 37.9 Å². The van der Waals surface area contributed by atoms with Crippen molar-refractivity contribution in [3.8, 4) is 0 Å². The van der Waals surface area contributed by atoms with Gasteiger partial charge in [0, 0.05) is 19.4 Å². The zero-order valence-electron chi connectivity index (χ0n) is 45.6. The molecule has 396 valence electrons. The van der Waals surface area contributed by atoms with E-state index in [0.29, 0.717) is 19.4 Å². The number of hydrogen-bond donors (Lipinski definition) is 0. The standard InChI is InChI=1S/C63H114O5/c1-4-7-10-13-16-19-22-25-28-30-31-32-33-34-36-39-42-45-48-51-54-57-63(65)68-60-61(66-58-55-52-49-46-43-40-37-29-26-23-20-17-14-11-8-5-2)59-67-62(64)56-53-50-47-44-41-38-35-27-24-21-18-15-12-9-6-3/h9,12,18,21,25,27-28,35,41,44,61H,4-8,10-11,13-17,19-20,22-24,26,29-34,36-40,42-43,45-60H2,1-3H3/b12-9-,21-18-,28-25-,35-27-,44-41-/t61-/m1/s1. The fourth-order valence-electron chi connectivity index (χ4n) is 8.59. The van der Waals surface area contributed by atoms with Gasteiger partial charge in [-0.05, 0) is 83.5 Å². The molecule has 0 aromatic rings. The molecule has 0 fully saturated rings. The molecule has 1 atom stereocenters. The van der Waals surface area contributed by atoms with Gasteiger partial charge in [0.25, 0.3) is 0 Å². The third-order valence-electron chi connectivity index (χ3n) is 13.1. The number of carbonyl (C=O) groups is 2. The molecule has 0 N–H and O–H groups in total. The number of hydrogen-bond acceptors (Lipinski definition) is 5. The highest BCUT2D eigenvalue weighted by atomic mass is 16.6. The summed E-state index contributed by atoms with van der Waals surface area (Å²) in [5.74, 6) is -0.369. The van der Waals surface area contributed by atoms with Gasteiger partial charge in [-0.25, -0.2) is 0 Å². The predicted octanol–water partition coefficient (Wildman–Crippen LogP) is 20.5. The largest absolute Gasteiger partial charge is 0.463 e. The number of unbranched alkanes of at least 4 members (excludes halogenated alkanes) is 34. The maximum atomic E-state index is 12.7. The molecule has 0 aromatic heterocycles. The van der Waals surface area contributed by atoms with Gasteiger partial charge in [-0.2, -0.15) is 0 Å². The number of rotatable bonds is 55. The first kappa shape index (κ1) is 65.6. The summed E-state index contributed by atoms with van der Waals surface area (Å²) in [6, 6.07) is 0. The van der Waals surface area contributed by atoms with Crippen molar-refractivity contribution in [3.63, 3.8) is 0 Å². The highest BCUT2D eigenvalue weighted by molar-refractivity contribution is 5.69. The van der Waals surface area contributed by atoms with E-state index in [1.165, 1.54) is 199 Å². The van der Waals surface area contributed by atoms with Crippen LogP contribution in [0.3, 0.4) is 0 Å². The summed E-state index contributed by atoms with van der Waals surface area (Å²) in [4.78, 5) is 25.3. The Bertz CT molecular complexity index is 1170. The predicted molar refractivity (Wildman–Crippen MR) is 298 cm³/mol. The van der Waals surface area contributed by atoms with Crippen LogP contribution < -0.4 is 0 Å². The van der Waals surface area contributed by atoms with Crippen LogP contribution in [0, 0.1) is 0 Å². The molecule has 0 spiro atoms. The molecule has 5 heteroatoms. The minimum atomic E-state index is -0.417. The van der Waals surface area contributed by atoms with Gasteiger partial charge in [-0.3, -0.25) is 9.59 Å². The van der Waals surface area contributed by atoms with Crippen molar-refractivity contribution in [1.82, 2.24) is 0 Å². The summed E-state index contributed by atoms with van der Waals surface area (Å²) in [7, 11) is 0. The van der Waals surface area contributed by atoms with E-state index in [9.17, 15) is 9.59 Å². The van der Waals surface area contributed by atoms with Crippen molar-refractivity contribution in [1.29, 1.82) is 0 Å². The Kier molecular flexibility index (Phi) is 56.8. The van der Waals surface area contributed by atoms with Gasteiger partial charge in [-0.1, -0.05) is 268 Å². The average molecular weight is 952 g/mol. The summed E-state index contributed by atoms with van der Waals surface area (Å²) in [6.07, 6.45) is 75.6. The fourth-order valence-corrected chi connectivity index (χ4v) is 8.59. The zero-order valence-corrected chi connectivity index (χ0v) is 45.6. The molecule has 0 aliphatic heterocycles. The van der Waals surface area contributed by atoms with E-state index < -0.39 is 6.10 Å². The number of allylic oxidation sites excluding steroid dienone is 10. The Labute approximate surface area is 424 Å². The lowest BCUT2D eigenvalue weighted by atomic mass is 10.0. The second-order valence-electron chi connectivity index (χ2n) is 19.9. The molecular weight excluding hydrogens is 837 g/mol. The minimum absolute atomic E-state index is 0.137. The maximum Gasteiger partial charge on any atom is 0.305 e. The minimum Gasteiger partial charge on any atom is -0.463 e. The van der Waals surface area contributed by atoms with Gasteiger partial charge in [0.2, 0.25) is 0 Å². The zero-order chi connectivity index (χ0) is 49.2. The van der Waals surface area contributed by atoms with Crippen LogP contribution in [0.15, 0.2) is 60.8 Å². The van der Waals surface area contributed by atoms with Crippen LogP contribution >= 0.6 is 0 Å². The lowest BCUT2D eigenvalue weighted by Crippen LogP contribution is -2.29. The first-order chi connectivity index (χ1) is 33.6. The van der Waals surface area contributed by atoms with E-state index >= 15 is 0 Å². The van der Waals surface area contributed by atoms with E-state index in [0.717, 1.165) is 70.6 Å². The van der Waals surface area contributed by atoms with E-state index in [2.05, 4.69) is 81.5 Å². The fraction of sp³-hybridized carbons (Fsp3) is 0.810. The van der Waals surface area contributed by atoms with Crippen molar-refractivity contribution >= 4 is 11.9 Å². The van der Waals surface area contributed by atoms with E-state index in [-0.39, 0.29) is 25.2 Å². The van der Waals surface area contributed by atoms with Crippen LogP contribution in [0.2, 0.25) is 0 Å². The Balaban J connectivity index is 4.25. The summed E-state index contributed by atoms with van der Waals surface area (Å²) in [5, 5.41) is 0. The van der Waals surface area contributed by atoms with E-state index in [1.807, 2.05) is 0 Å². The van der Waals surface area contributed by atoms with Crippen LogP contribution in [0.5, 0.6) is 0 Å². The molecule has 68 heavy (non-hydrogen) atoms. The topological polar surface area (TPSA) is 61.8 Å². The SMILES string of the molecule is CC/C=C\C/C=C\C/C=C\C/C=C\CCCCC(=O)OC[C@H](COC(=O)CCCCCCCCCCCCC/C=C\CCCCCCCC)OCCCCCCCCCCCCCCCCCC. The van der Waals surface area contributed by atoms with Gasteiger partial charge < -0.3 is 14.2 Å². The van der Waals surface area contributed by atoms with Crippen LogP contribution in [0.25, 0.3) is 0 Å². The molecule has 0 aliphatic rings. The van der Waals surface area contributed by atoms with Crippen molar-refractivity contribution in [2.24, 2.45) is 0 Å². The van der Waals surface area contributed by atoms with Gasteiger partial charge in [0.1, 0.15) is 19.3 Å². The third-order valence-corrected chi connectivity index (χ3v) is 13.1. The molecule has 0 aromatic carbocycles. The van der Waals surface area contributed by atoms with E-state index in [4.69, 9.17) is 14.2 Å². The molecule has 0 heterocycles. The van der Waals surface area contributed by atoms with Gasteiger partial charge >= 0.3 is 11.9 Å². The molecule has 5 nitrogen and oxygen atoms in total. The quantitative estimate of drug-likeness (QED) is 0.0345. The third kappa shape index (κ3) is 56.2. The number of carbonyl (C=O) groups excluding carboxylic acids is 2. The number of esters is 2. The van der Waals surface area contributed by atoms with Gasteiger partial charge in [0.05, 0.1) is 0 Å². The summed E-state index contributed by atoms with van der Waals surface area (Å²) < 4.78 is 17.5. The molecule has 0 bridgehead atoms. The molecule has 0 saturated heterocycles. The highest BCUT2D eigenvalue weighted by Gasteiger charge is 2.16. The van der Waals surface area contributed by atoms with Gasteiger partial charge in [0.15, 0.2) is 0 Å². The molecular formula is C63H114O5. The molecule has 0 amide bonds. The Morgan fingerprint density at radius 3 is 0.985 bits per heavy atom. The smallest absolute Gasteiger partial charge is 0.305 e. The van der Waals surface area contributed by atoms with Crippen molar-refractivity contribution in [3.05, 3.63) is 60.8 Å². The summed E-state index contributed by atoms with van der Waals surface area (Å²) in [6.45, 7) is 7.61. The molecule has 0 saturated carbocycles. The molecule has 0 radical (unpaired) electrons. The second kappa shape index (κ2) is 58.9. The normalized spacial score (nSPS) is 12.6. The van der Waals surface area contributed by atoms with Crippen molar-refractivity contribution in [2.45, 2.75) is 309 Å². The summed E-state index contributed by atoms with van der Waals surface area (Å²) in [5.41, 5.74) is 0. The summed E-state index contributed by atoms with van der Waals surface area (Å²) >= 11 is 0. The van der Waals surface area contributed by atoms with Crippen molar-refractivity contribution in [2.75, 3.05) is 19.8 Å². The molecule has 0 unspecified atom stereocenters. The van der Waals surface area contributed by atoms with E-state index in [1.54, 1.807) is 0 Å². The van der Waals surface area contributed by atoms with Crippen LogP contribution in [-0.2, 0) is 23.8 Å². The van der Waals surface area contributed by atoms with Crippen LogP contribution in [0.4, 0.5) is 0 Å². The van der Waals surface area contributed by atoms with Gasteiger partial charge in [-0.15, -0.1) is 0 Å². The molecule has 0 rings (SSSR count). The first-order valence-corrected chi connectivity index (χ1v) is 29.8. The lowest BCUT2D eigenvalue weighted by molar-refractivity contribution is -0.155. The Morgan fingerprint density at radius 2 is 0.603 bits per heavy atom. The Hall–Kier alpha value is -2.40. The number of ether oxygens (including phenoxy) is 3. The lowest BCUT2D eigenvalue weighted by Gasteiger charge is -2.18. The monoisotopic (exact) mass is 951 g/mol.